The molecule has 4 aromatic carbocycles. The average Bonchev–Trinajstić information content (AvgIpc) is 3.26. The minimum atomic E-state index is -0.645. The highest BCUT2D eigenvalue weighted by atomic mass is 16.2. The van der Waals surface area contributed by atoms with Crippen LogP contribution in [0.5, 0.6) is 0 Å². The molecule has 1 aliphatic heterocycles. The zero-order chi connectivity index (χ0) is 27.9. The van der Waals surface area contributed by atoms with Crippen molar-refractivity contribution < 1.29 is 14.4 Å². The van der Waals surface area contributed by atoms with E-state index in [-0.39, 0.29) is 24.1 Å². The van der Waals surface area contributed by atoms with Gasteiger partial charge in [0.1, 0.15) is 6.04 Å². The second kappa shape index (κ2) is 12.6. The van der Waals surface area contributed by atoms with Crippen molar-refractivity contribution in [1.29, 1.82) is 0 Å². The van der Waals surface area contributed by atoms with Gasteiger partial charge in [0, 0.05) is 43.4 Å². The largest absolute Gasteiger partial charge is 0.354 e. The molecule has 0 radical (unpaired) electrons. The van der Waals surface area contributed by atoms with E-state index in [9.17, 15) is 14.4 Å². The minimum Gasteiger partial charge on any atom is -0.354 e. The number of hydrogen-bond donors (Lipinski definition) is 1. The Balaban J connectivity index is 1.35. The number of anilines is 1. The lowest BCUT2D eigenvalue weighted by Crippen LogP contribution is -2.50. The number of carbonyl (C=O) groups excluding carboxylic acids is 3. The van der Waals surface area contributed by atoms with Gasteiger partial charge in [-0.3, -0.25) is 14.4 Å². The topological polar surface area (TPSA) is 69.7 Å². The predicted octanol–water partition coefficient (Wildman–Crippen LogP) is 5.75. The fourth-order valence-electron chi connectivity index (χ4n) is 5.43. The van der Waals surface area contributed by atoms with E-state index >= 15 is 0 Å². The third-order valence-corrected chi connectivity index (χ3v) is 7.44. The van der Waals surface area contributed by atoms with Crippen LogP contribution in [0.25, 0.3) is 10.8 Å². The summed E-state index contributed by atoms with van der Waals surface area (Å²) in [6.45, 7) is 3.34. The summed E-state index contributed by atoms with van der Waals surface area (Å²) in [6.07, 6.45) is 1.97. The number of rotatable bonds is 12. The van der Waals surface area contributed by atoms with Gasteiger partial charge < -0.3 is 15.1 Å². The number of benzene rings is 4. The van der Waals surface area contributed by atoms with E-state index in [4.69, 9.17) is 0 Å². The van der Waals surface area contributed by atoms with E-state index in [0.717, 1.165) is 34.0 Å². The van der Waals surface area contributed by atoms with Gasteiger partial charge in [-0.05, 0) is 41.5 Å². The van der Waals surface area contributed by atoms with Crippen molar-refractivity contribution in [2.45, 2.75) is 45.2 Å². The van der Waals surface area contributed by atoms with E-state index in [1.54, 1.807) is 9.80 Å². The molecule has 4 aromatic rings. The number of amides is 3. The van der Waals surface area contributed by atoms with E-state index in [2.05, 4.69) is 5.32 Å². The highest BCUT2D eigenvalue weighted by Crippen LogP contribution is 2.37. The van der Waals surface area contributed by atoms with Crippen LogP contribution in [0.2, 0.25) is 0 Å². The fraction of sp³-hybridized carbons (Fsp3) is 0.265. The molecule has 0 fully saturated rings. The van der Waals surface area contributed by atoms with Crippen molar-refractivity contribution in [1.82, 2.24) is 10.2 Å². The molecule has 0 aliphatic carbocycles. The molecule has 0 bridgehead atoms. The van der Waals surface area contributed by atoms with Gasteiger partial charge in [0.05, 0.1) is 5.69 Å². The number of nitrogens with zero attached hydrogens (tertiary/aromatic N) is 2. The maximum Gasteiger partial charge on any atom is 0.258 e. The summed E-state index contributed by atoms with van der Waals surface area (Å²) in [7, 11) is 0. The molecule has 6 nitrogen and oxygen atoms in total. The first-order valence-electron chi connectivity index (χ1n) is 14.1. The lowest BCUT2D eigenvalue weighted by Gasteiger charge is -2.32. The zero-order valence-electron chi connectivity index (χ0n) is 22.9. The third kappa shape index (κ3) is 5.91. The van der Waals surface area contributed by atoms with Crippen molar-refractivity contribution in [3.8, 4) is 0 Å². The second-order valence-corrected chi connectivity index (χ2v) is 10.2. The molecule has 5 rings (SSSR count). The molecule has 0 unspecified atom stereocenters. The van der Waals surface area contributed by atoms with E-state index in [0.29, 0.717) is 38.0 Å². The first-order valence-corrected chi connectivity index (χ1v) is 14.1. The molecular weight excluding hydrogens is 498 g/mol. The van der Waals surface area contributed by atoms with Crippen LogP contribution in [0.15, 0.2) is 97.1 Å². The van der Waals surface area contributed by atoms with Gasteiger partial charge in [-0.2, -0.15) is 0 Å². The Hall–Kier alpha value is -4.45. The smallest absolute Gasteiger partial charge is 0.258 e. The molecule has 0 saturated heterocycles. The summed E-state index contributed by atoms with van der Waals surface area (Å²) in [5, 5.41) is 5.03. The van der Waals surface area contributed by atoms with Crippen LogP contribution < -0.4 is 10.2 Å². The van der Waals surface area contributed by atoms with Crippen LogP contribution in [0.4, 0.5) is 5.69 Å². The molecular formula is C34H35N3O3. The molecule has 6 heteroatoms. The van der Waals surface area contributed by atoms with Gasteiger partial charge in [0.2, 0.25) is 11.8 Å². The molecule has 0 saturated carbocycles. The summed E-state index contributed by atoms with van der Waals surface area (Å²) in [6, 6.07) is 30.7. The third-order valence-electron chi connectivity index (χ3n) is 7.44. The van der Waals surface area contributed by atoms with Crippen LogP contribution in [-0.2, 0) is 22.6 Å². The van der Waals surface area contributed by atoms with Gasteiger partial charge in [-0.1, -0.05) is 91.9 Å². The van der Waals surface area contributed by atoms with Crippen molar-refractivity contribution in [2.24, 2.45) is 0 Å². The zero-order valence-corrected chi connectivity index (χ0v) is 22.9. The van der Waals surface area contributed by atoms with Crippen molar-refractivity contribution in [3.63, 3.8) is 0 Å². The van der Waals surface area contributed by atoms with E-state index in [1.165, 1.54) is 0 Å². The maximum atomic E-state index is 13.9. The van der Waals surface area contributed by atoms with Crippen LogP contribution >= 0.6 is 0 Å². The van der Waals surface area contributed by atoms with Crippen LogP contribution in [0.3, 0.4) is 0 Å². The molecule has 0 spiro atoms. The Labute approximate surface area is 235 Å². The lowest BCUT2D eigenvalue weighted by atomic mass is 10.0. The molecule has 1 aliphatic rings. The highest BCUT2D eigenvalue weighted by molar-refractivity contribution is 6.25. The Morgan fingerprint density at radius 1 is 0.850 bits per heavy atom. The summed E-state index contributed by atoms with van der Waals surface area (Å²) < 4.78 is 0. The molecule has 3 amide bonds. The molecule has 1 N–H and O–H groups in total. The number of hydrogen-bond acceptors (Lipinski definition) is 3. The number of nitrogens with one attached hydrogen (secondary N) is 1. The Morgan fingerprint density at radius 3 is 2.23 bits per heavy atom. The van der Waals surface area contributed by atoms with Crippen LogP contribution in [-0.4, -0.2) is 41.8 Å². The van der Waals surface area contributed by atoms with Crippen molar-refractivity contribution in [2.75, 3.05) is 18.0 Å². The fourth-order valence-corrected chi connectivity index (χ4v) is 5.43. The first-order chi connectivity index (χ1) is 19.6. The predicted molar refractivity (Wildman–Crippen MR) is 159 cm³/mol. The van der Waals surface area contributed by atoms with Crippen LogP contribution in [0, 0.1) is 0 Å². The summed E-state index contributed by atoms with van der Waals surface area (Å²) in [5.74, 6) is -0.271. The van der Waals surface area contributed by atoms with E-state index < -0.39 is 6.04 Å². The van der Waals surface area contributed by atoms with Gasteiger partial charge >= 0.3 is 0 Å². The van der Waals surface area contributed by atoms with Crippen LogP contribution in [0.1, 0.15) is 47.7 Å². The maximum absolute atomic E-state index is 13.9. The average molecular weight is 534 g/mol. The Kier molecular flexibility index (Phi) is 8.55. The Morgan fingerprint density at radius 2 is 1.52 bits per heavy atom. The SMILES string of the molecule is CCCNC(=O)[C@@H](Cc1ccccc1)N(Cc1ccccc1)C(=O)CCCN1C(=O)c2cccc3cccc1c23. The highest BCUT2D eigenvalue weighted by Gasteiger charge is 2.32. The van der Waals surface area contributed by atoms with Gasteiger partial charge in [-0.25, -0.2) is 0 Å². The molecule has 204 valence electrons. The normalized spacial score (nSPS) is 12.9. The monoisotopic (exact) mass is 533 g/mol. The summed E-state index contributed by atoms with van der Waals surface area (Å²) in [4.78, 5) is 44.0. The first kappa shape index (κ1) is 27.1. The lowest BCUT2D eigenvalue weighted by molar-refractivity contribution is -0.141. The summed E-state index contributed by atoms with van der Waals surface area (Å²) in [5.41, 5.74) is 3.57. The van der Waals surface area contributed by atoms with Crippen molar-refractivity contribution in [3.05, 3.63) is 114 Å². The second-order valence-electron chi connectivity index (χ2n) is 10.2. The standard InChI is InChI=1S/C34H35N3O3/c1-2-21-35-33(39)30(23-25-12-5-3-6-13-25)37(24-26-14-7-4-8-15-26)31(38)20-11-22-36-29-19-10-17-27-16-9-18-28(32(27)29)34(36)40/h3-10,12-19,30H,2,11,20-24H2,1H3,(H,35,39)/t30-/m1/s1. The van der Waals surface area contributed by atoms with Gasteiger partial charge in [0.15, 0.2) is 0 Å². The molecule has 1 atom stereocenters. The van der Waals surface area contributed by atoms with Crippen molar-refractivity contribution >= 4 is 34.2 Å². The quantitative estimate of drug-likeness (QED) is 0.252. The molecule has 1 heterocycles. The summed E-state index contributed by atoms with van der Waals surface area (Å²) >= 11 is 0. The Bertz CT molecular complexity index is 1480. The molecule has 0 aromatic heterocycles. The van der Waals surface area contributed by atoms with E-state index in [1.807, 2.05) is 104 Å². The van der Waals surface area contributed by atoms with Gasteiger partial charge in [0.25, 0.3) is 5.91 Å². The minimum absolute atomic E-state index is 0.0266. The molecule has 40 heavy (non-hydrogen) atoms. The van der Waals surface area contributed by atoms with Gasteiger partial charge in [-0.15, -0.1) is 0 Å². The number of carbonyl (C=O) groups is 3.